The fraction of sp³-hybridized carbons (Fsp3) is 0.308. The topological polar surface area (TPSA) is 86.9 Å². The van der Waals surface area contributed by atoms with Crippen molar-refractivity contribution in [1.29, 1.82) is 0 Å². The number of rotatable bonds is 8. The van der Waals surface area contributed by atoms with Gasteiger partial charge < -0.3 is 23.9 Å². The number of para-hydroxylation sites is 1. The number of hydrogen-bond acceptors (Lipinski definition) is 6. The molecule has 0 radical (unpaired) electrons. The predicted molar refractivity (Wildman–Crippen MR) is 123 cm³/mol. The Morgan fingerprint density at radius 2 is 1.82 bits per heavy atom. The second-order valence-corrected chi connectivity index (χ2v) is 8.23. The minimum absolute atomic E-state index is 0.321. The number of carbonyl (C=O) groups is 2. The van der Waals surface area contributed by atoms with E-state index in [1.54, 1.807) is 32.1 Å². The summed E-state index contributed by atoms with van der Waals surface area (Å²) >= 11 is 0. The first kappa shape index (κ1) is 22.5. The van der Waals surface area contributed by atoms with Crippen LogP contribution in [-0.4, -0.2) is 35.9 Å². The molecule has 1 aliphatic heterocycles. The van der Waals surface area contributed by atoms with Crippen LogP contribution in [0.3, 0.4) is 0 Å². The lowest BCUT2D eigenvalue weighted by molar-refractivity contribution is -0.240. The van der Waals surface area contributed by atoms with E-state index in [1.807, 2.05) is 43.5 Å². The molecule has 0 aliphatic carbocycles. The Balaban J connectivity index is 1.86. The molecule has 1 aliphatic rings. The molecule has 0 saturated carbocycles. The molecule has 33 heavy (non-hydrogen) atoms. The zero-order valence-electron chi connectivity index (χ0n) is 18.9. The van der Waals surface area contributed by atoms with Gasteiger partial charge in [-0.3, -0.25) is 9.59 Å². The van der Waals surface area contributed by atoms with Crippen molar-refractivity contribution >= 4 is 22.8 Å². The van der Waals surface area contributed by atoms with Crippen LogP contribution in [0, 0.1) is 5.92 Å². The van der Waals surface area contributed by atoms with Crippen LogP contribution in [0.15, 0.2) is 61.3 Å². The van der Waals surface area contributed by atoms with Crippen LogP contribution in [0.2, 0.25) is 0 Å². The molecule has 172 valence electrons. The lowest BCUT2D eigenvalue weighted by Gasteiger charge is -2.36. The molecule has 1 fully saturated rings. The molecule has 1 atom stereocenters. The van der Waals surface area contributed by atoms with Crippen LogP contribution in [0.5, 0.6) is 11.5 Å². The quantitative estimate of drug-likeness (QED) is 0.304. The Morgan fingerprint density at radius 3 is 2.52 bits per heavy atom. The van der Waals surface area contributed by atoms with Crippen LogP contribution in [0.1, 0.15) is 37.8 Å². The Kier molecular flexibility index (Phi) is 6.14. The van der Waals surface area contributed by atoms with Crippen molar-refractivity contribution < 1.29 is 28.5 Å². The normalized spacial score (nSPS) is 16.7. The summed E-state index contributed by atoms with van der Waals surface area (Å²) in [4.78, 5) is 29.4. The SMILES string of the molecule is C=CCOc1ccc([C@@H](c2c[nH]c3ccccc23)C2C(=O)OC(C)(C)OC2=O)cc1OCC. The fourth-order valence-corrected chi connectivity index (χ4v) is 4.16. The molecule has 0 unspecified atom stereocenters. The summed E-state index contributed by atoms with van der Waals surface area (Å²) in [5, 5.41) is 0.901. The van der Waals surface area contributed by atoms with Gasteiger partial charge in [0.05, 0.1) is 6.61 Å². The lowest BCUT2D eigenvalue weighted by atomic mass is 9.80. The van der Waals surface area contributed by atoms with Gasteiger partial charge in [-0.2, -0.15) is 0 Å². The van der Waals surface area contributed by atoms with Crippen LogP contribution in [0.25, 0.3) is 10.9 Å². The second-order valence-electron chi connectivity index (χ2n) is 8.23. The highest BCUT2D eigenvalue weighted by molar-refractivity contribution is 5.99. The maximum absolute atomic E-state index is 13.1. The number of aromatic amines is 1. The number of benzene rings is 2. The predicted octanol–water partition coefficient (Wildman–Crippen LogP) is 4.72. The summed E-state index contributed by atoms with van der Waals surface area (Å²) < 4.78 is 22.5. The van der Waals surface area contributed by atoms with E-state index in [4.69, 9.17) is 18.9 Å². The first-order valence-corrected chi connectivity index (χ1v) is 10.9. The number of hydrogen-bond donors (Lipinski definition) is 1. The standard InChI is InChI=1S/C26H27NO6/c1-5-13-31-20-12-11-16(14-21(20)30-6-2)22(18-15-27-19-10-8-7-9-17(18)19)23-24(28)32-26(3,4)33-25(23)29/h5,7-12,14-15,22-23,27H,1,6,13H2,2-4H3/t22-/m0/s1. The van der Waals surface area contributed by atoms with E-state index in [2.05, 4.69) is 11.6 Å². The molecule has 2 heterocycles. The summed E-state index contributed by atoms with van der Waals surface area (Å²) in [7, 11) is 0. The highest BCUT2D eigenvalue weighted by Crippen LogP contribution is 2.43. The summed E-state index contributed by atoms with van der Waals surface area (Å²) in [6.45, 7) is 9.38. The van der Waals surface area contributed by atoms with Gasteiger partial charge >= 0.3 is 11.9 Å². The third-order valence-corrected chi connectivity index (χ3v) is 5.47. The number of fused-ring (bicyclic) bond motifs is 1. The van der Waals surface area contributed by atoms with Crippen LogP contribution < -0.4 is 9.47 Å². The summed E-state index contributed by atoms with van der Waals surface area (Å²) in [6, 6.07) is 13.1. The molecule has 4 rings (SSSR count). The third kappa shape index (κ3) is 4.44. The molecule has 0 amide bonds. The zero-order valence-corrected chi connectivity index (χ0v) is 18.9. The molecule has 1 N–H and O–H groups in total. The van der Waals surface area contributed by atoms with Crippen LogP contribution in [0.4, 0.5) is 0 Å². The summed E-state index contributed by atoms with van der Waals surface area (Å²) in [5.41, 5.74) is 2.38. The monoisotopic (exact) mass is 449 g/mol. The van der Waals surface area contributed by atoms with Gasteiger partial charge in [-0.15, -0.1) is 0 Å². The van der Waals surface area contributed by atoms with Gasteiger partial charge in [0, 0.05) is 36.9 Å². The molecule has 0 spiro atoms. The van der Waals surface area contributed by atoms with Gasteiger partial charge in [0.15, 0.2) is 17.4 Å². The first-order chi connectivity index (χ1) is 15.8. The van der Waals surface area contributed by atoms with Gasteiger partial charge in [-0.05, 0) is 36.2 Å². The molecular weight excluding hydrogens is 422 g/mol. The van der Waals surface area contributed by atoms with E-state index in [9.17, 15) is 9.59 Å². The Labute approximate surface area is 192 Å². The zero-order chi connectivity index (χ0) is 23.6. The smallest absolute Gasteiger partial charge is 0.324 e. The largest absolute Gasteiger partial charge is 0.490 e. The van der Waals surface area contributed by atoms with Crippen molar-refractivity contribution in [3.63, 3.8) is 0 Å². The highest BCUT2D eigenvalue weighted by atomic mass is 16.7. The minimum Gasteiger partial charge on any atom is -0.490 e. The highest BCUT2D eigenvalue weighted by Gasteiger charge is 2.48. The average molecular weight is 450 g/mol. The van der Waals surface area contributed by atoms with Gasteiger partial charge in [0.25, 0.3) is 5.79 Å². The van der Waals surface area contributed by atoms with Crippen molar-refractivity contribution in [2.75, 3.05) is 13.2 Å². The number of aromatic nitrogens is 1. The van der Waals surface area contributed by atoms with Crippen molar-refractivity contribution in [2.24, 2.45) is 5.92 Å². The minimum atomic E-state index is -1.31. The molecule has 7 heteroatoms. The van der Waals surface area contributed by atoms with Crippen LogP contribution in [-0.2, 0) is 19.1 Å². The molecule has 2 aromatic carbocycles. The summed E-state index contributed by atoms with van der Waals surface area (Å²) in [5.74, 6) is -3.34. The maximum Gasteiger partial charge on any atom is 0.324 e. The Morgan fingerprint density at radius 1 is 1.09 bits per heavy atom. The van der Waals surface area contributed by atoms with E-state index in [1.165, 1.54) is 0 Å². The average Bonchev–Trinajstić information content (AvgIpc) is 3.18. The van der Waals surface area contributed by atoms with Gasteiger partial charge in [-0.1, -0.05) is 36.9 Å². The van der Waals surface area contributed by atoms with Gasteiger partial charge in [0.2, 0.25) is 0 Å². The van der Waals surface area contributed by atoms with Crippen molar-refractivity contribution in [3.05, 3.63) is 72.4 Å². The number of H-pyrrole nitrogens is 1. The van der Waals surface area contributed by atoms with Gasteiger partial charge in [-0.25, -0.2) is 0 Å². The molecule has 1 aromatic heterocycles. The van der Waals surface area contributed by atoms with E-state index in [0.717, 1.165) is 16.5 Å². The van der Waals surface area contributed by atoms with Gasteiger partial charge in [0.1, 0.15) is 6.61 Å². The number of nitrogens with one attached hydrogen (secondary N) is 1. The van der Waals surface area contributed by atoms with E-state index < -0.39 is 29.6 Å². The molecule has 7 nitrogen and oxygen atoms in total. The number of cyclic esters (lactones) is 2. The Bertz CT molecular complexity index is 1170. The second kappa shape index (κ2) is 9.02. The Hall–Kier alpha value is -3.74. The van der Waals surface area contributed by atoms with E-state index in [0.29, 0.717) is 30.3 Å². The third-order valence-electron chi connectivity index (χ3n) is 5.47. The molecule has 1 saturated heterocycles. The van der Waals surface area contributed by atoms with E-state index >= 15 is 0 Å². The fourth-order valence-electron chi connectivity index (χ4n) is 4.16. The molecular formula is C26H27NO6. The molecule has 3 aromatic rings. The number of ether oxygens (including phenoxy) is 4. The van der Waals surface area contributed by atoms with Crippen LogP contribution >= 0.6 is 0 Å². The number of esters is 2. The van der Waals surface area contributed by atoms with Crippen molar-refractivity contribution in [2.45, 2.75) is 32.5 Å². The lowest BCUT2D eigenvalue weighted by Crippen LogP contribution is -2.48. The molecule has 0 bridgehead atoms. The maximum atomic E-state index is 13.1. The number of carbonyl (C=O) groups excluding carboxylic acids is 2. The summed E-state index contributed by atoms with van der Waals surface area (Å²) in [6.07, 6.45) is 3.46. The van der Waals surface area contributed by atoms with Crippen molar-refractivity contribution in [1.82, 2.24) is 4.98 Å². The first-order valence-electron chi connectivity index (χ1n) is 10.9. The van der Waals surface area contributed by atoms with E-state index in [-0.39, 0.29) is 0 Å². The van der Waals surface area contributed by atoms with Crippen molar-refractivity contribution in [3.8, 4) is 11.5 Å².